The van der Waals surface area contributed by atoms with Gasteiger partial charge in [-0.15, -0.1) is 0 Å². The van der Waals surface area contributed by atoms with Gasteiger partial charge < -0.3 is 14.7 Å². The van der Waals surface area contributed by atoms with Crippen LogP contribution in [0.25, 0.3) is 22.4 Å². The van der Waals surface area contributed by atoms with Gasteiger partial charge in [0.15, 0.2) is 0 Å². The number of aromatic nitrogens is 2. The maximum Gasteiger partial charge on any atom is 0.141 e. The van der Waals surface area contributed by atoms with Crippen LogP contribution in [-0.4, -0.2) is 15.8 Å². The van der Waals surface area contributed by atoms with Crippen LogP contribution in [0.1, 0.15) is 6.92 Å². The van der Waals surface area contributed by atoms with E-state index in [9.17, 15) is 0 Å². The van der Waals surface area contributed by atoms with Crippen LogP contribution >= 0.6 is 0 Å². The molecule has 0 aliphatic rings. The van der Waals surface area contributed by atoms with Gasteiger partial charge in [0.25, 0.3) is 0 Å². The van der Waals surface area contributed by atoms with Crippen LogP contribution in [0.4, 0.5) is 5.69 Å². The molecule has 0 fully saturated rings. The number of hydrogen-bond donors (Lipinski definition) is 3. The second kappa shape index (κ2) is 4.03. The molecule has 90 valence electrons. The van der Waals surface area contributed by atoms with Crippen molar-refractivity contribution in [3.05, 3.63) is 36.8 Å². The normalized spacial score (nSPS) is 10.7. The number of fused-ring (bicyclic) bond motifs is 1. The number of amidine groups is 1. The van der Waals surface area contributed by atoms with E-state index in [1.54, 1.807) is 19.5 Å². The Morgan fingerprint density at radius 3 is 3.00 bits per heavy atom. The number of rotatable bonds is 2. The summed E-state index contributed by atoms with van der Waals surface area (Å²) in [4.78, 5) is 7.71. The highest BCUT2D eigenvalue weighted by atomic mass is 16.3. The number of furan rings is 1. The molecule has 0 aliphatic carbocycles. The Kier molecular flexibility index (Phi) is 2.37. The van der Waals surface area contributed by atoms with Gasteiger partial charge in [0.05, 0.1) is 28.7 Å². The molecule has 0 spiro atoms. The standard InChI is InChI=1S/C13H12N4O/c1-8(14)15-10-2-3-11-12(6-10)17-13(16-11)9-4-5-18-7-9/h2-7H,1H3,(H2,14,15)(H,16,17). The summed E-state index contributed by atoms with van der Waals surface area (Å²) in [6, 6.07) is 7.61. The summed E-state index contributed by atoms with van der Waals surface area (Å²) < 4.78 is 5.04. The summed E-state index contributed by atoms with van der Waals surface area (Å²) in [5.74, 6) is 1.19. The first kappa shape index (κ1) is 10.6. The number of hydrogen-bond acceptors (Lipinski definition) is 3. The zero-order valence-corrected chi connectivity index (χ0v) is 9.82. The molecular weight excluding hydrogens is 228 g/mol. The first-order valence-electron chi connectivity index (χ1n) is 5.57. The molecule has 0 atom stereocenters. The lowest BCUT2D eigenvalue weighted by atomic mass is 10.3. The minimum atomic E-state index is 0.406. The molecular formula is C13H12N4O. The molecule has 0 amide bonds. The van der Waals surface area contributed by atoms with Gasteiger partial charge in [-0.3, -0.25) is 5.41 Å². The Labute approximate surface area is 103 Å². The Hall–Kier alpha value is -2.56. The number of nitrogens with one attached hydrogen (secondary N) is 3. The smallest absolute Gasteiger partial charge is 0.141 e. The first-order chi connectivity index (χ1) is 8.72. The molecule has 0 aliphatic heterocycles. The molecule has 3 N–H and O–H groups in total. The minimum absolute atomic E-state index is 0.406. The average molecular weight is 240 g/mol. The van der Waals surface area contributed by atoms with Crippen molar-refractivity contribution in [3.8, 4) is 11.4 Å². The van der Waals surface area contributed by atoms with Crippen LogP contribution in [0.5, 0.6) is 0 Å². The minimum Gasteiger partial charge on any atom is -0.472 e. The van der Waals surface area contributed by atoms with Crippen LogP contribution in [0.2, 0.25) is 0 Å². The molecule has 3 rings (SSSR count). The molecule has 0 unspecified atom stereocenters. The molecule has 3 aromatic rings. The van der Waals surface area contributed by atoms with Gasteiger partial charge in [-0.1, -0.05) is 0 Å². The number of H-pyrrole nitrogens is 1. The Balaban J connectivity index is 2.04. The quantitative estimate of drug-likeness (QED) is 0.475. The van der Waals surface area contributed by atoms with Crippen molar-refractivity contribution in [3.63, 3.8) is 0 Å². The SMILES string of the molecule is CC(=N)Nc1ccc2nc(-c3ccoc3)[nH]c2c1. The van der Waals surface area contributed by atoms with Crippen LogP contribution < -0.4 is 5.32 Å². The summed E-state index contributed by atoms with van der Waals surface area (Å²) in [7, 11) is 0. The summed E-state index contributed by atoms with van der Waals surface area (Å²) in [5.41, 5.74) is 3.61. The predicted octanol–water partition coefficient (Wildman–Crippen LogP) is 3.23. The summed E-state index contributed by atoms with van der Waals surface area (Å²) in [6.07, 6.45) is 3.27. The molecule has 1 aromatic carbocycles. The van der Waals surface area contributed by atoms with Gasteiger partial charge in [0, 0.05) is 5.69 Å². The van der Waals surface area contributed by atoms with Crippen molar-refractivity contribution in [1.29, 1.82) is 5.41 Å². The van der Waals surface area contributed by atoms with E-state index in [1.807, 2.05) is 24.3 Å². The predicted molar refractivity (Wildman–Crippen MR) is 70.8 cm³/mol. The molecule has 5 heteroatoms. The molecule has 18 heavy (non-hydrogen) atoms. The van der Waals surface area contributed by atoms with E-state index < -0.39 is 0 Å². The second-order valence-corrected chi connectivity index (χ2v) is 4.08. The number of nitrogens with zero attached hydrogens (tertiary/aromatic N) is 1. The third kappa shape index (κ3) is 1.86. The van der Waals surface area contributed by atoms with Crippen LogP contribution in [0.3, 0.4) is 0 Å². The lowest BCUT2D eigenvalue weighted by Gasteiger charge is -2.02. The third-order valence-corrected chi connectivity index (χ3v) is 2.61. The number of imidazole rings is 1. The fraction of sp³-hybridized carbons (Fsp3) is 0.0769. The second-order valence-electron chi connectivity index (χ2n) is 4.08. The third-order valence-electron chi connectivity index (χ3n) is 2.61. The van der Waals surface area contributed by atoms with Gasteiger partial charge in [-0.05, 0) is 31.2 Å². The van der Waals surface area contributed by atoms with Crippen molar-refractivity contribution in [2.45, 2.75) is 6.92 Å². The van der Waals surface area contributed by atoms with E-state index in [2.05, 4.69) is 15.3 Å². The van der Waals surface area contributed by atoms with E-state index in [4.69, 9.17) is 9.83 Å². The molecule has 0 saturated heterocycles. The zero-order chi connectivity index (χ0) is 12.5. The van der Waals surface area contributed by atoms with Crippen LogP contribution in [0.15, 0.2) is 41.2 Å². The van der Waals surface area contributed by atoms with Crippen LogP contribution in [0, 0.1) is 5.41 Å². The van der Waals surface area contributed by atoms with Gasteiger partial charge in [-0.2, -0.15) is 0 Å². The highest BCUT2D eigenvalue weighted by Crippen LogP contribution is 2.23. The van der Waals surface area contributed by atoms with Gasteiger partial charge in [-0.25, -0.2) is 4.98 Å². The van der Waals surface area contributed by atoms with Crippen molar-refractivity contribution < 1.29 is 4.42 Å². The largest absolute Gasteiger partial charge is 0.472 e. The van der Waals surface area contributed by atoms with Crippen molar-refractivity contribution in [2.75, 3.05) is 5.32 Å². The summed E-state index contributed by atoms with van der Waals surface area (Å²) >= 11 is 0. The average Bonchev–Trinajstić information content (AvgIpc) is 2.95. The summed E-state index contributed by atoms with van der Waals surface area (Å²) in [5, 5.41) is 10.4. The zero-order valence-electron chi connectivity index (χ0n) is 9.82. The summed E-state index contributed by atoms with van der Waals surface area (Å²) in [6.45, 7) is 1.70. The molecule has 2 heterocycles. The molecule has 0 radical (unpaired) electrons. The van der Waals surface area contributed by atoms with E-state index >= 15 is 0 Å². The lowest BCUT2D eigenvalue weighted by Crippen LogP contribution is -2.04. The number of aromatic amines is 1. The van der Waals surface area contributed by atoms with Crippen molar-refractivity contribution >= 4 is 22.6 Å². The maximum atomic E-state index is 7.41. The van der Waals surface area contributed by atoms with Gasteiger partial charge in [0.2, 0.25) is 0 Å². The number of anilines is 1. The highest BCUT2D eigenvalue weighted by molar-refractivity contribution is 5.93. The lowest BCUT2D eigenvalue weighted by molar-refractivity contribution is 0.568. The fourth-order valence-electron chi connectivity index (χ4n) is 1.84. The van der Waals surface area contributed by atoms with E-state index in [0.717, 1.165) is 28.1 Å². The Morgan fingerprint density at radius 2 is 2.28 bits per heavy atom. The fourth-order valence-corrected chi connectivity index (χ4v) is 1.84. The van der Waals surface area contributed by atoms with Crippen molar-refractivity contribution in [1.82, 2.24) is 9.97 Å². The van der Waals surface area contributed by atoms with Crippen LogP contribution in [-0.2, 0) is 0 Å². The monoisotopic (exact) mass is 240 g/mol. The van der Waals surface area contributed by atoms with E-state index in [-0.39, 0.29) is 0 Å². The first-order valence-corrected chi connectivity index (χ1v) is 5.57. The number of benzene rings is 1. The van der Waals surface area contributed by atoms with Gasteiger partial charge >= 0.3 is 0 Å². The topological polar surface area (TPSA) is 77.7 Å². The Bertz CT molecular complexity index is 697. The van der Waals surface area contributed by atoms with E-state index in [1.165, 1.54) is 0 Å². The maximum absolute atomic E-state index is 7.41. The van der Waals surface area contributed by atoms with Gasteiger partial charge in [0.1, 0.15) is 12.1 Å². The molecule has 0 saturated carbocycles. The molecule has 0 bridgehead atoms. The van der Waals surface area contributed by atoms with Crippen molar-refractivity contribution in [2.24, 2.45) is 0 Å². The molecule has 2 aromatic heterocycles. The Morgan fingerprint density at radius 1 is 1.39 bits per heavy atom. The van der Waals surface area contributed by atoms with E-state index in [0.29, 0.717) is 5.84 Å². The highest BCUT2D eigenvalue weighted by Gasteiger charge is 2.06. The molecule has 5 nitrogen and oxygen atoms in total.